The molecule has 12 heavy (non-hydrogen) atoms. The third kappa shape index (κ3) is 1.38. The molecule has 0 aromatic rings. The summed E-state index contributed by atoms with van der Waals surface area (Å²) < 4.78 is 4.79. The molecule has 0 aromatic carbocycles. The zero-order valence-electron chi connectivity index (χ0n) is 7.96. The summed E-state index contributed by atoms with van der Waals surface area (Å²) >= 11 is 0. The summed E-state index contributed by atoms with van der Waals surface area (Å²) in [5.74, 6) is 0.207. The Bertz CT molecular complexity index is 208. The number of carbonyl (C=O) groups is 1. The van der Waals surface area contributed by atoms with E-state index in [2.05, 4.69) is 19.1 Å². The lowest BCUT2D eigenvalue weighted by Crippen LogP contribution is -2.36. The molecule has 68 valence electrons. The lowest BCUT2D eigenvalue weighted by atomic mass is 9.71. The molecule has 0 saturated carbocycles. The molecule has 2 nitrogen and oxygen atoms in total. The fourth-order valence-electron chi connectivity index (χ4n) is 1.64. The molecule has 0 spiro atoms. The van der Waals surface area contributed by atoms with Gasteiger partial charge in [-0.1, -0.05) is 19.1 Å². The number of allylic oxidation sites excluding steroid dienone is 2. The first kappa shape index (κ1) is 9.30. The molecule has 1 rings (SSSR count). The van der Waals surface area contributed by atoms with Crippen LogP contribution in [0.3, 0.4) is 0 Å². The number of methoxy groups -OCH3 is 1. The molecule has 0 radical (unpaired) electrons. The van der Waals surface area contributed by atoms with Gasteiger partial charge in [-0.25, -0.2) is 0 Å². The summed E-state index contributed by atoms with van der Waals surface area (Å²) in [6.07, 6.45) is 6.11. The van der Waals surface area contributed by atoms with Crippen molar-refractivity contribution in [3.63, 3.8) is 0 Å². The average molecular weight is 168 g/mol. The molecule has 0 unspecified atom stereocenters. The molecule has 0 fully saturated rings. The second-order valence-electron chi connectivity index (χ2n) is 3.66. The molecule has 0 amide bonds. The van der Waals surface area contributed by atoms with Crippen LogP contribution in [0.1, 0.15) is 26.7 Å². The van der Waals surface area contributed by atoms with Gasteiger partial charge in [0.05, 0.1) is 12.5 Å². The van der Waals surface area contributed by atoms with Crippen LogP contribution in [0, 0.1) is 11.3 Å². The van der Waals surface area contributed by atoms with Crippen LogP contribution >= 0.6 is 0 Å². The van der Waals surface area contributed by atoms with Gasteiger partial charge in [0.15, 0.2) is 0 Å². The first-order chi connectivity index (χ1) is 5.61. The average Bonchev–Trinajstić information content (AvgIpc) is 2.09. The Morgan fingerprint density at radius 2 is 2.33 bits per heavy atom. The van der Waals surface area contributed by atoms with Gasteiger partial charge in [0, 0.05) is 0 Å². The summed E-state index contributed by atoms with van der Waals surface area (Å²) in [6.45, 7) is 4.04. The van der Waals surface area contributed by atoms with Crippen molar-refractivity contribution in [3.8, 4) is 0 Å². The monoisotopic (exact) mass is 168 g/mol. The summed E-state index contributed by atoms with van der Waals surface area (Å²) in [7, 11) is 1.46. The van der Waals surface area contributed by atoms with Crippen LogP contribution in [0.15, 0.2) is 12.2 Å². The standard InChI is InChI=1S/C10H16O2/c1-8-6-4-5-7-10(8,2)9(11)12-3/h4,6,8H,5,7H2,1-3H3/t8-,10+/m1/s1. The van der Waals surface area contributed by atoms with E-state index in [1.54, 1.807) is 0 Å². The van der Waals surface area contributed by atoms with Gasteiger partial charge in [0.1, 0.15) is 0 Å². The maximum Gasteiger partial charge on any atom is 0.312 e. The molecule has 0 saturated heterocycles. The molecule has 0 heterocycles. The number of hydrogen-bond acceptors (Lipinski definition) is 2. The predicted molar refractivity (Wildman–Crippen MR) is 47.7 cm³/mol. The van der Waals surface area contributed by atoms with Crippen LogP contribution < -0.4 is 0 Å². The van der Waals surface area contributed by atoms with E-state index in [0.717, 1.165) is 12.8 Å². The Balaban J connectivity index is 2.82. The largest absolute Gasteiger partial charge is 0.469 e. The SMILES string of the molecule is COC(=O)[C@@]1(C)CCC=C[C@H]1C. The Morgan fingerprint density at radius 1 is 1.67 bits per heavy atom. The zero-order chi connectivity index (χ0) is 9.19. The highest BCUT2D eigenvalue weighted by atomic mass is 16.5. The summed E-state index contributed by atoms with van der Waals surface area (Å²) in [6, 6.07) is 0. The van der Waals surface area contributed by atoms with Crippen LogP contribution in [0.2, 0.25) is 0 Å². The van der Waals surface area contributed by atoms with Crippen molar-refractivity contribution in [1.29, 1.82) is 0 Å². The molecule has 1 aliphatic carbocycles. The molecular formula is C10H16O2. The van der Waals surface area contributed by atoms with Gasteiger partial charge >= 0.3 is 5.97 Å². The molecular weight excluding hydrogens is 152 g/mol. The Kier molecular flexibility index (Phi) is 2.55. The van der Waals surface area contributed by atoms with Gasteiger partial charge in [0.25, 0.3) is 0 Å². The lowest BCUT2D eigenvalue weighted by molar-refractivity contribution is -0.154. The highest BCUT2D eigenvalue weighted by Gasteiger charge is 2.39. The molecule has 0 N–H and O–H groups in total. The third-order valence-electron chi connectivity index (χ3n) is 2.91. The van der Waals surface area contributed by atoms with Gasteiger partial charge in [-0.05, 0) is 25.7 Å². The first-order valence-electron chi connectivity index (χ1n) is 4.36. The normalized spacial score (nSPS) is 34.8. The zero-order valence-corrected chi connectivity index (χ0v) is 7.96. The van der Waals surface area contributed by atoms with E-state index in [0.29, 0.717) is 5.92 Å². The first-order valence-corrected chi connectivity index (χ1v) is 4.36. The number of ether oxygens (including phenoxy) is 1. The van der Waals surface area contributed by atoms with Crippen molar-refractivity contribution in [2.24, 2.45) is 11.3 Å². The van der Waals surface area contributed by atoms with Gasteiger partial charge in [-0.15, -0.1) is 0 Å². The van der Waals surface area contributed by atoms with Gasteiger partial charge in [-0.2, -0.15) is 0 Å². The van der Waals surface area contributed by atoms with Crippen LogP contribution in [-0.4, -0.2) is 13.1 Å². The molecule has 1 aliphatic rings. The molecule has 2 heteroatoms. The van der Waals surface area contributed by atoms with Crippen LogP contribution in [-0.2, 0) is 9.53 Å². The number of carbonyl (C=O) groups excluding carboxylic acids is 1. The minimum absolute atomic E-state index is 0.0839. The minimum Gasteiger partial charge on any atom is -0.469 e. The lowest BCUT2D eigenvalue weighted by Gasteiger charge is -2.33. The maximum atomic E-state index is 11.4. The second kappa shape index (κ2) is 3.30. The summed E-state index contributed by atoms with van der Waals surface area (Å²) in [5.41, 5.74) is -0.302. The number of hydrogen-bond donors (Lipinski definition) is 0. The van der Waals surface area contributed by atoms with Gasteiger partial charge in [-0.3, -0.25) is 4.79 Å². The van der Waals surface area contributed by atoms with E-state index < -0.39 is 0 Å². The van der Waals surface area contributed by atoms with Crippen molar-refractivity contribution in [3.05, 3.63) is 12.2 Å². The highest BCUT2D eigenvalue weighted by molar-refractivity contribution is 5.77. The fraction of sp³-hybridized carbons (Fsp3) is 0.700. The smallest absolute Gasteiger partial charge is 0.312 e. The Morgan fingerprint density at radius 3 is 2.83 bits per heavy atom. The van der Waals surface area contributed by atoms with Crippen molar-refractivity contribution in [2.45, 2.75) is 26.7 Å². The van der Waals surface area contributed by atoms with Crippen LogP contribution in [0.25, 0.3) is 0 Å². The van der Waals surface area contributed by atoms with Crippen LogP contribution in [0.5, 0.6) is 0 Å². The predicted octanol–water partition coefficient (Wildman–Crippen LogP) is 2.15. The second-order valence-corrected chi connectivity index (χ2v) is 3.66. The van der Waals surface area contributed by atoms with E-state index in [9.17, 15) is 4.79 Å². The summed E-state index contributed by atoms with van der Waals surface area (Å²) in [5, 5.41) is 0. The van der Waals surface area contributed by atoms with E-state index in [1.807, 2.05) is 6.92 Å². The van der Waals surface area contributed by atoms with E-state index in [-0.39, 0.29) is 11.4 Å². The van der Waals surface area contributed by atoms with Gasteiger partial charge in [0.2, 0.25) is 0 Å². The maximum absolute atomic E-state index is 11.4. The molecule has 0 aromatic heterocycles. The van der Waals surface area contributed by atoms with E-state index in [1.165, 1.54) is 7.11 Å². The van der Waals surface area contributed by atoms with Crippen molar-refractivity contribution >= 4 is 5.97 Å². The minimum atomic E-state index is -0.302. The van der Waals surface area contributed by atoms with E-state index in [4.69, 9.17) is 4.74 Å². The van der Waals surface area contributed by atoms with Crippen molar-refractivity contribution < 1.29 is 9.53 Å². The van der Waals surface area contributed by atoms with Crippen molar-refractivity contribution in [2.75, 3.05) is 7.11 Å². The Labute approximate surface area is 73.6 Å². The van der Waals surface area contributed by atoms with Crippen LogP contribution in [0.4, 0.5) is 0 Å². The molecule has 2 atom stereocenters. The molecule has 0 aliphatic heterocycles. The number of rotatable bonds is 1. The topological polar surface area (TPSA) is 26.3 Å². The number of esters is 1. The van der Waals surface area contributed by atoms with E-state index >= 15 is 0 Å². The third-order valence-corrected chi connectivity index (χ3v) is 2.91. The van der Waals surface area contributed by atoms with Crippen molar-refractivity contribution in [1.82, 2.24) is 0 Å². The quantitative estimate of drug-likeness (QED) is 0.443. The Hall–Kier alpha value is -0.790. The summed E-state index contributed by atoms with van der Waals surface area (Å²) in [4.78, 5) is 11.4. The fourth-order valence-corrected chi connectivity index (χ4v) is 1.64. The van der Waals surface area contributed by atoms with Gasteiger partial charge < -0.3 is 4.74 Å². The molecule has 0 bridgehead atoms. The highest BCUT2D eigenvalue weighted by Crippen LogP contribution is 2.37.